The molecule has 2 aliphatic rings. The fourth-order valence-electron chi connectivity index (χ4n) is 4.04. The summed E-state index contributed by atoms with van der Waals surface area (Å²) in [5.74, 6) is -0.227. The summed E-state index contributed by atoms with van der Waals surface area (Å²) < 4.78 is 13.0. The molecular weight excluding hydrogens is 345 g/mol. The van der Waals surface area contributed by atoms with Crippen LogP contribution in [0.15, 0.2) is 48.5 Å². The molecule has 1 N–H and O–H groups in total. The van der Waals surface area contributed by atoms with Gasteiger partial charge in [0.25, 0.3) is 0 Å². The molecule has 0 unspecified atom stereocenters. The quantitative estimate of drug-likeness (QED) is 0.878. The van der Waals surface area contributed by atoms with Gasteiger partial charge in [-0.05, 0) is 55.3 Å². The predicted octanol–water partition coefficient (Wildman–Crippen LogP) is 3.80. The van der Waals surface area contributed by atoms with Crippen molar-refractivity contribution in [3.8, 4) is 0 Å². The molecule has 0 aromatic heterocycles. The third kappa shape index (κ3) is 3.52. The second kappa shape index (κ2) is 6.68. The zero-order valence-electron chi connectivity index (χ0n) is 15.2. The van der Waals surface area contributed by atoms with Crippen molar-refractivity contribution in [3.63, 3.8) is 0 Å². The summed E-state index contributed by atoms with van der Waals surface area (Å²) in [6.07, 6.45) is 1.26. The number of carbonyl (C=O) groups is 2. The van der Waals surface area contributed by atoms with E-state index >= 15 is 0 Å². The fourth-order valence-corrected chi connectivity index (χ4v) is 4.04. The Labute approximate surface area is 157 Å². The lowest BCUT2D eigenvalue weighted by molar-refractivity contribution is -0.117. The normalized spacial score (nSPS) is 21.9. The van der Waals surface area contributed by atoms with Crippen LogP contribution in [0.4, 0.5) is 20.6 Å². The van der Waals surface area contributed by atoms with Crippen LogP contribution in [0.3, 0.4) is 0 Å². The van der Waals surface area contributed by atoms with E-state index < -0.39 is 0 Å². The molecule has 1 atom stereocenters. The number of nitrogens with zero attached hydrogens (tertiary/aromatic N) is 2. The van der Waals surface area contributed by atoms with Crippen LogP contribution in [0.1, 0.15) is 18.4 Å². The number of hydrogen-bond donors (Lipinski definition) is 1. The lowest BCUT2D eigenvalue weighted by atomic mass is 9.86. The van der Waals surface area contributed by atoms with Crippen LogP contribution in [-0.4, -0.2) is 36.5 Å². The second-order valence-corrected chi connectivity index (χ2v) is 7.60. The van der Waals surface area contributed by atoms with Crippen molar-refractivity contribution in [1.29, 1.82) is 0 Å². The van der Waals surface area contributed by atoms with Gasteiger partial charge in [0.15, 0.2) is 0 Å². The van der Waals surface area contributed by atoms with Crippen molar-refractivity contribution >= 4 is 23.3 Å². The van der Waals surface area contributed by atoms with Gasteiger partial charge in [0, 0.05) is 42.8 Å². The van der Waals surface area contributed by atoms with Crippen molar-refractivity contribution in [1.82, 2.24) is 4.90 Å². The zero-order valence-corrected chi connectivity index (χ0v) is 15.2. The number of likely N-dealkylation sites (tertiary alicyclic amines) is 1. The van der Waals surface area contributed by atoms with Crippen molar-refractivity contribution in [3.05, 3.63) is 59.9 Å². The third-order valence-corrected chi connectivity index (χ3v) is 5.46. The molecule has 0 aliphatic carbocycles. The Morgan fingerprint density at radius 2 is 1.93 bits per heavy atom. The molecule has 2 aromatic rings. The van der Waals surface area contributed by atoms with Crippen molar-refractivity contribution in [2.75, 3.05) is 29.9 Å². The predicted molar refractivity (Wildman–Crippen MR) is 102 cm³/mol. The van der Waals surface area contributed by atoms with E-state index in [9.17, 15) is 14.0 Å². The third-order valence-electron chi connectivity index (χ3n) is 5.46. The molecule has 2 saturated heterocycles. The molecule has 4 rings (SSSR count). The molecule has 5 nitrogen and oxygen atoms in total. The van der Waals surface area contributed by atoms with E-state index in [4.69, 9.17) is 0 Å². The summed E-state index contributed by atoms with van der Waals surface area (Å²) in [4.78, 5) is 28.7. The van der Waals surface area contributed by atoms with E-state index in [1.54, 1.807) is 4.90 Å². The number of anilines is 2. The number of hydrogen-bond acceptors (Lipinski definition) is 2. The van der Waals surface area contributed by atoms with Crippen LogP contribution in [0.25, 0.3) is 0 Å². The second-order valence-electron chi connectivity index (χ2n) is 7.60. The highest BCUT2D eigenvalue weighted by Crippen LogP contribution is 2.42. The van der Waals surface area contributed by atoms with E-state index in [-0.39, 0.29) is 23.2 Å². The van der Waals surface area contributed by atoms with Crippen molar-refractivity contribution in [2.24, 2.45) is 5.41 Å². The molecule has 0 radical (unpaired) electrons. The molecule has 2 fully saturated rings. The Bertz CT molecular complexity index is 883. The van der Waals surface area contributed by atoms with Crippen LogP contribution >= 0.6 is 0 Å². The lowest BCUT2D eigenvalue weighted by Gasteiger charge is -2.24. The van der Waals surface area contributed by atoms with Crippen LogP contribution in [0.2, 0.25) is 0 Å². The van der Waals surface area contributed by atoms with Gasteiger partial charge in [-0.15, -0.1) is 0 Å². The maximum Gasteiger partial charge on any atom is 0.321 e. The van der Waals surface area contributed by atoms with E-state index in [0.29, 0.717) is 31.7 Å². The number of carbonyl (C=O) groups excluding carboxylic acids is 2. The molecule has 2 aliphatic heterocycles. The van der Waals surface area contributed by atoms with Crippen LogP contribution in [-0.2, 0) is 4.79 Å². The van der Waals surface area contributed by atoms with E-state index in [1.165, 1.54) is 24.3 Å². The molecule has 2 aromatic carbocycles. The van der Waals surface area contributed by atoms with Crippen molar-refractivity contribution < 1.29 is 14.0 Å². The summed E-state index contributed by atoms with van der Waals surface area (Å²) in [5, 5.41) is 2.80. The first-order chi connectivity index (χ1) is 12.9. The number of urea groups is 1. The minimum atomic E-state index is -0.339. The van der Waals surface area contributed by atoms with Gasteiger partial charge in [-0.1, -0.05) is 12.1 Å². The Morgan fingerprint density at radius 1 is 1.15 bits per heavy atom. The molecule has 0 saturated carbocycles. The standard InChI is InChI=1S/C21H22FN3O2/c1-15-3-2-4-18(11-15)25-14-21(12-19(25)26)9-10-24(13-21)20(27)23-17-7-5-16(22)6-8-17/h2-8,11H,9-10,12-14H2,1H3,(H,23,27)/t21-/m0/s1. The average Bonchev–Trinajstić information content (AvgIpc) is 3.20. The fraction of sp³-hybridized carbons (Fsp3) is 0.333. The smallest absolute Gasteiger partial charge is 0.321 e. The van der Waals surface area contributed by atoms with Gasteiger partial charge in [0.1, 0.15) is 5.82 Å². The highest BCUT2D eigenvalue weighted by molar-refractivity contribution is 5.97. The number of rotatable bonds is 2. The first-order valence-electron chi connectivity index (χ1n) is 9.13. The molecule has 3 amide bonds. The molecular formula is C21H22FN3O2. The lowest BCUT2D eigenvalue weighted by Crippen LogP contribution is -2.36. The maximum absolute atomic E-state index is 13.0. The van der Waals surface area contributed by atoms with Gasteiger partial charge < -0.3 is 15.1 Å². The summed E-state index contributed by atoms with van der Waals surface area (Å²) in [6, 6.07) is 13.4. The Morgan fingerprint density at radius 3 is 2.67 bits per heavy atom. The van der Waals surface area contributed by atoms with Crippen LogP contribution in [0.5, 0.6) is 0 Å². The Balaban J connectivity index is 1.43. The van der Waals surface area contributed by atoms with Crippen molar-refractivity contribution in [2.45, 2.75) is 19.8 Å². The highest BCUT2D eigenvalue weighted by Gasteiger charge is 2.48. The van der Waals surface area contributed by atoms with Gasteiger partial charge in [-0.2, -0.15) is 0 Å². The molecule has 27 heavy (non-hydrogen) atoms. The summed E-state index contributed by atoms with van der Waals surface area (Å²) in [7, 11) is 0. The summed E-state index contributed by atoms with van der Waals surface area (Å²) in [5.41, 5.74) is 2.41. The first-order valence-corrected chi connectivity index (χ1v) is 9.13. The van der Waals surface area contributed by atoms with Gasteiger partial charge in [-0.3, -0.25) is 4.79 Å². The van der Waals surface area contributed by atoms with Gasteiger partial charge in [0.05, 0.1) is 0 Å². The molecule has 140 valence electrons. The largest absolute Gasteiger partial charge is 0.324 e. The Hall–Kier alpha value is -2.89. The van der Waals surface area contributed by atoms with Gasteiger partial charge >= 0.3 is 6.03 Å². The van der Waals surface area contributed by atoms with Gasteiger partial charge in [0.2, 0.25) is 5.91 Å². The molecule has 1 spiro atoms. The monoisotopic (exact) mass is 367 g/mol. The summed E-state index contributed by atoms with van der Waals surface area (Å²) in [6.45, 7) is 3.81. The maximum atomic E-state index is 13.0. The van der Waals surface area contributed by atoms with Crippen LogP contribution < -0.4 is 10.2 Å². The van der Waals surface area contributed by atoms with Crippen LogP contribution in [0, 0.1) is 18.2 Å². The summed E-state index contributed by atoms with van der Waals surface area (Å²) >= 11 is 0. The van der Waals surface area contributed by atoms with E-state index in [2.05, 4.69) is 5.32 Å². The van der Waals surface area contributed by atoms with E-state index in [0.717, 1.165) is 17.7 Å². The molecule has 0 bridgehead atoms. The SMILES string of the molecule is Cc1cccc(N2C[C@@]3(CCN(C(=O)Nc4ccc(F)cc4)C3)CC2=O)c1. The topological polar surface area (TPSA) is 52.6 Å². The van der Waals surface area contributed by atoms with E-state index in [1.807, 2.05) is 36.1 Å². The molecule has 2 heterocycles. The minimum Gasteiger partial charge on any atom is -0.324 e. The number of amides is 3. The number of benzene rings is 2. The highest BCUT2D eigenvalue weighted by atomic mass is 19.1. The first kappa shape index (κ1) is 17.5. The number of halogens is 1. The number of nitrogens with one attached hydrogen (secondary N) is 1. The number of aryl methyl sites for hydroxylation is 1. The minimum absolute atomic E-state index is 0.112. The zero-order chi connectivity index (χ0) is 19.0. The average molecular weight is 367 g/mol. The Kier molecular flexibility index (Phi) is 4.34. The van der Waals surface area contributed by atoms with Gasteiger partial charge in [-0.25, -0.2) is 9.18 Å². The molecule has 6 heteroatoms.